The molecular weight excluding hydrogens is 264 g/mol. The number of carboxylic acid groups (broad SMARTS) is 1. The number of ether oxygens (including phenoxy) is 1. The lowest BCUT2D eigenvalue weighted by Gasteiger charge is -2.18. The summed E-state index contributed by atoms with van der Waals surface area (Å²) in [4.78, 5) is 15.0. The molecule has 19 heavy (non-hydrogen) atoms. The molecule has 2 heterocycles. The van der Waals surface area contributed by atoms with Crippen LogP contribution in [-0.2, 0) is 16.0 Å². The monoisotopic (exact) mass is 282 g/mol. The number of aromatic nitrogens is 1. The lowest BCUT2D eigenvalue weighted by molar-refractivity contribution is -0.136. The van der Waals surface area contributed by atoms with Crippen LogP contribution in [0.25, 0.3) is 0 Å². The first-order valence-corrected chi connectivity index (χ1v) is 7.64. The fraction of sp³-hybridized carbons (Fsp3) is 0.692. The van der Waals surface area contributed by atoms with Crippen molar-refractivity contribution in [1.29, 1.82) is 0 Å². The van der Waals surface area contributed by atoms with E-state index in [-0.39, 0.29) is 6.42 Å². The summed E-state index contributed by atoms with van der Waals surface area (Å²) < 4.78 is 5.78. The predicted octanol–water partition coefficient (Wildman–Crippen LogP) is 2.14. The third-order valence-corrected chi connectivity index (χ3v) is 4.50. The highest BCUT2D eigenvalue weighted by atomic mass is 32.1. The van der Waals surface area contributed by atoms with Crippen molar-refractivity contribution in [3.8, 4) is 0 Å². The van der Waals surface area contributed by atoms with E-state index in [4.69, 9.17) is 9.84 Å². The van der Waals surface area contributed by atoms with E-state index < -0.39 is 5.97 Å². The summed E-state index contributed by atoms with van der Waals surface area (Å²) in [5, 5.41) is 14.9. The molecule has 2 fully saturated rings. The molecule has 1 saturated heterocycles. The van der Waals surface area contributed by atoms with Gasteiger partial charge in [0.05, 0.1) is 24.3 Å². The van der Waals surface area contributed by atoms with Crippen molar-refractivity contribution in [3.05, 3.63) is 11.1 Å². The maximum absolute atomic E-state index is 10.5. The first-order chi connectivity index (χ1) is 9.22. The van der Waals surface area contributed by atoms with Crippen LogP contribution in [0, 0.1) is 5.92 Å². The summed E-state index contributed by atoms with van der Waals surface area (Å²) >= 11 is 1.55. The Kier molecular flexibility index (Phi) is 3.70. The van der Waals surface area contributed by atoms with E-state index >= 15 is 0 Å². The number of rotatable bonds is 6. The first kappa shape index (κ1) is 12.9. The van der Waals surface area contributed by atoms with Gasteiger partial charge in [0.15, 0.2) is 5.13 Å². The van der Waals surface area contributed by atoms with Crippen LogP contribution < -0.4 is 5.32 Å². The minimum Gasteiger partial charge on any atom is -0.481 e. The van der Waals surface area contributed by atoms with Gasteiger partial charge in [0.25, 0.3) is 0 Å². The van der Waals surface area contributed by atoms with E-state index in [1.165, 1.54) is 12.8 Å². The normalized spacial score (nSPS) is 26.5. The zero-order chi connectivity index (χ0) is 13.2. The summed E-state index contributed by atoms with van der Waals surface area (Å²) in [5.41, 5.74) is 0.858. The number of nitrogens with one attached hydrogen (secondary N) is 1. The molecule has 2 N–H and O–H groups in total. The molecule has 0 spiro atoms. The Labute approximate surface area is 116 Å². The lowest BCUT2D eigenvalue weighted by Crippen LogP contribution is -2.30. The number of aryl methyl sites for hydroxylation is 1. The molecule has 2 atom stereocenters. The highest BCUT2D eigenvalue weighted by Gasteiger charge is 2.40. The largest absolute Gasteiger partial charge is 0.481 e. The van der Waals surface area contributed by atoms with Crippen LogP contribution >= 0.6 is 11.3 Å². The number of hydrogen-bond donors (Lipinski definition) is 2. The van der Waals surface area contributed by atoms with E-state index in [1.807, 2.05) is 5.38 Å². The van der Waals surface area contributed by atoms with Crippen molar-refractivity contribution in [2.45, 2.75) is 44.2 Å². The van der Waals surface area contributed by atoms with Crippen LogP contribution in [0.4, 0.5) is 5.13 Å². The third-order valence-electron chi connectivity index (χ3n) is 3.68. The van der Waals surface area contributed by atoms with Crippen molar-refractivity contribution < 1.29 is 14.6 Å². The minimum atomic E-state index is -0.777. The quantitative estimate of drug-likeness (QED) is 0.836. The average Bonchev–Trinajstić information content (AvgIpc) is 2.95. The van der Waals surface area contributed by atoms with Gasteiger partial charge in [-0.3, -0.25) is 4.79 Å². The lowest BCUT2D eigenvalue weighted by atomic mass is 10.1. The molecule has 1 aliphatic heterocycles. The van der Waals surface area contributed by atoms with E-state index in [0.29, 0.717) is 18.6 Å². The van der Waals surface area contributed by atoms with E-state index in [1.54, 1.807) is 11.3 Å². The van der Waals surface area contributed by atoms with Crippen LogP contribution in [0.15, 0.2) is 5.38 Å². The van der Waals surface area contributed by atoms with Gasteiger partial charge in [0.1, 0.15) is 0 Å². The van der Waals surface area contributed by atoms with E-state index in [0.717, 1.165) is 29.8 Å². The van der Waals surface area contributed by atoms with Crippen molar-refractivity contribution >= 4 is 22.4 Å². The fourth-order valence-corrected chi connectivity index (χ4v) is 3.34. The van der Waals surface area contributed by atoms with E-state index in [9.17, 15) is 4.79 Å². The third kappa shape index (κ3) is 3.25. The molecule has 0 aromatic carbocycles. The molecule has 1 saturated carbocycles. The Morgan fingerprint density at radius 2 is 2.37 bits per heavy atom. The molecule has 5 nitrogen and oxygen atoms in total. The van der Waals surface area contributed by atoms with Crippen LogP contribution in [0.2, 0.25) is 0 Å². The van der Waals surface area contributed by atoms with E-state index in [2.05, 4.69) is 10.3 Å². The molecule has 2 aliphatic rings. The molecule has 6 heteroatoms. The second kappa shape index (κ2) is 5.46. The van der Waals surface area contributed by atoms with Gasteiger partial charge in [-0.15, -0.1) is 11.3 Å². The van der Waals surface area contributed by atoms with Gasteiger partial charge >= 0.3 is 5.97 Å². The van der Waals surface area contributed by atoms with Gasteiger partial charge in [0, 0.05) is 18.4 Å². The summed E-state index contributed by atoms with van der Waals surface area (Å²) in [6, 6.07) is 0.367. The summed E-state index contributed by atoms with van der Waals surface area (Å²) in [7, 11) is 0. The van der Waals surface area contributed by atoms with Crippen molar-refractivity contribution in [2.75, 3.05) is 11.9 Å². The Bertz CT molecular complexity index is 458. The predicted molar refractivity (Wildman–Crippen MR) is 72.6 cm³/mol. The maximum atomic E-state index is 10.5. The second-order valence-electron chi connectivity index (χ2n) is 5.25. The SMILES string of the molecule is O=C(O)CCc1csc(NC2CCOC2C2CC2)n1. The molecule has 3 rings (SSSR count). The van der Waals surface area contributed by atoms with Gasteiger partial charge in [0.2, 0.25) is 0 Å². The smallest absolute Gasteiger partial charge is 0.303 e. The van der Waals surface area contributed by atoms with Crippen molar-refractivity contribution in [3.63, 3.8) is 0 Å². The standard InChI is InChI=1S/C13H18N2O3S/c16-11(17)4-3-9-7-19-13(14-9)15-10-5-6-18-12(10)8-1-2-8/h7-8,10,12H,1-6H2,(H,14,15)(H,16,17). The number of carboxylic acids is 1. The summed E-state index contributed by atoms with van der Waals surface area (Å²) in [6.07, 6.45) is 4.58. The topological polar surface area (TPSA) is 71.5 Å². The summed E-state index contributed by atoms with van der Waals surface area (Å²) in [6.45, 7) is 0.829. The zero-order valence-electron chi connectivity index (χ0n) is 10.7. The molecule has 2 unspecified atom stereocenters. The highest BCUT2D eigenvalue weighted by molar-refractivity contribution is 7.13. The number of nitrogens with zero attached hydrogens (tertiary/aromatic N) is 1. The summed E-state index contributed by atoms with van der Waals surface area (Å²) in [5.74, 6) is -0.0491. The maximum Gasteiger partial charge on any atom is 0.303 e. The van der Waals surface area contributed by atoms with Crippen molar-refractivity contribution in [2.24, 2.45) is 5.92 Å². The molecule has 1 aromatic heterocycles. The first-order valence-electron chi connectivity index (χ1n) is 6.77. The number of aliphatic carboxylic acids is 1. The van der Waals surface area contributed by atoms with Gasteiger partial charge in [-0.25, -0.2) is 4.98 Å². The number of carbonyl (C=O) groups is 1. The van der Waals surface area contributed by atoms with Crippen LogP contribution in [-0.4, -0.2) is 34.8 Å². The second-order valence-corrected chi connectivity index (χ2v) is 6.11. The number of thiazole rings is 1. The molecule has 104 valence electrons. The number of anilines is 1. The number of hydrogen-bond acceptors (Lipinski definition) is 5. The Morgan fingerprint density at radius 3 is 3.11 bits per heavy atom. The minimum absolute atomic E-state index is 0.139. The highest BCUT2D eigenvalue weighted by Crippen LogP contribution is 2.39. The zero-order valence-corrected chi connectivity index (χ0v) is 11.5. The molecule has 0 amide bonds. The molecule has 0 radical (unpaired) electrons. The van der Waals surface area contributed by atoms with Crippen LogP contribution in [0.3, 0.4) is 0 Å². The van der Waals surface area contributed by atoms with Crippen LogP contribution in [0.1, 0.15) is 31.4 Å². The molecule has 0 bridgehead atoms. The Balaban J connectivity index is 1.55. The molecular formula is C13H18N2O3S. The van der Waals surface area contributed by atoms with Gasteiger partial charge in [-0.1, -0.05) is 0 Å². The van der Waals surface area contributed by atoms with Gasteiger partial charge < -0.3 is 15.2 Å². The Morgan fingerprint density at radius 1 is 1.53 bits per heavy atom. The fourth-order valence-electron chi connectivity index (χ4n) is 2.54. The van der Waals surface area contributed by atoms with Gasteiger partial charge in [-0.2, -0.15) is 0 Å². The van der Waals surface area contributed by atoms with Crippen LogP contribution in [0.5, 0.6) is 0 Å². The average molecular weight is 282 g/mol. The molecule has 1 aliphatic carbocycles. The van der Waals surface area contributed by atoms with Gasteiger partial charge in [-0.05, 0) is 25.2 Å². The molecule has 1 aromatic rings. The Hall–Kier alpha value is -1.14. The van der Waals surface area contributed by atoms with Crippen molar-refractivity contribution in [1.82, 2.24) is 4.98 Å².